The van der Waals surface area contributed by atoms with Crippen LogP contribution in [0.2, 0.25) is 0 Å². The smallest absolute Gasteiger partial charge is 0.124 e. The lowest BCUT2D eigenvalue weighted by atomic mass is 10.2. The summed E-state index contributed by atoms with van der Waals surface area (Å²) in [6.45, 7) is 5.13. The van der Waals surface area contributed by atoms with Crippen molar-refractivity contribution in [2.45, 2.75) is 20.3 Å². The highest BCUT2D eigenvalue weighted by atomic mass is 15.2. The van der Waals surface area contributed by atoms with Crippen LogP contribution in [0.3, 0.4) is 0 Å². The van der Waals surface area contributed by atoms with E-state index in [1.54, 1.807) is 0 Å². The average Bonchev–Trinajstić information content (AvgIpc) is 2.36. The molecule has 0 saturated carbocycles. The molecule has 1 aromatic heterocycles. The zero-order valence-corrected chi connectivity index (χ0v) is 6.44. The molecular weight excluding hydrogens is 126 g/mol. The molecule has 0 aliphatic heterocycles. The van der Waals surface area contributed by atoms with Crippen LogP contribution in [0.15, 0.2) is 6.20 Å². The van der Waals surface area contributed by atoms with Gasteiger partial charge in [0.05, 0.1) is 6.20 Å². The van der Waals surface area contributed by atoms with Crippen molar-refractivity contribution in [3.8, 4) is 0 Å². The molecule has 1 heterocycles. The Labute approximate surface area is 60.8 Å². The van der Waals surface area contributed by atoms with Crippen LogP contribution in [-0.2, 0) is 6.42 Å². The van der Waals surface area contributed by atoms with E-state index in [1.165, 1.54) is 5.56 Å². The molecule has 0 fully saturated rings. The molecule has 2 N–H and O–H groups in total. The first kappa shape index (κ1) is 7.12. The van der Waals surface area contributed by atoms with E-state index < -0.39 is 0 Å². The van der Waals surface area contributed by atoms with Crippen LogP contribution in [0.1, 0.15) is 19.4 Å². The SMILES string of the molecule is CCNc1[nH]ncc1CC. The maximum Gasteiger partial charge on any atom is 0.124 e. The summed E-state index contributed by atoms with van der Waals surface area (Å²) in [6.07, 6.45) is 2.89. The van der Waals surface area contributed by atoms with Crippen LogP contribution < -0.4 is 5.32 Å². The summed E-state index contributed by atoms with van der Waals surface area (Å²) in [4.78, 5) is 0. The first-order valence-corrected chi connectivity index (χ1v) is 3.64. The average molecular weight is 139 g/mol. The second-order valence-electron chi connectivity index (χ2n) is 2.15. The fraction of sp³-hybridized carbons (Fsp3) is 0.571. The topological polar surface area (TPSA) is 40.7 Å². The summed E-state index contributed by atoms with van der Waals surface area (Å²) < 4.78 is 0. The van der Waals surface area contributed by atoms with E-state index in [2.05, 4.69) is 29.4 Å². The summed E-state index contributed by atoms with van der Waals surface area (Å²) in [6, 6.07) is 0. The van der Waals surface area contributed by atoms with Gasteiger partial charge in [0, 0.05) is 12.1 Å². The minimum absolute atomic E-state index is 0.940. The molecule has 0 saturated heterocycles. The molecule has 0 radical (unpaired) electrons. The zero-order chi connectivity index (χ0) is 7.40. The second-order valence-corrected chi connectivity index (χ2v) is 2.15. The quantitative estimate of drug-likeness (QED) is 0.664. The van der Waals surface area contributed by atoms with Crippen molar-refractivity contribution >= 4 is 5.82 Å². The Hall–Kier alpha value is -0.990. The number of nitrogens with zero attached hydrogens (tertiary/aromatic N) is 1. The number of aromatic nitrogens is 2. The number of rotatable bonds is 3. The third-order valence-electron chi connectivity index (χ3n) is 1.45. The van der Waals surface area contributed by atoms with Gasteiger partial charge in [-0.3, -0.25) is 5.10 Å². The number of aryl methyl sites for hydroxylation is 1. The van der Waals surface area contributed by atoms with Crippen LogP contribution >= 0.6 is 0 Å². The van der Waals surface area contributed by atoms with E-state index in [9.17, 15) is 0 Å². The largest absolute Gasteiger partial charge is 0.371 e. The molecule has 1 aromatic rings. The van der Waals surface area contributed by atoms with Crippen molar-refractivity contribution in [1.82, 2.24) is 10.2 Å². The summed E-state index contributed by atoms with van der Waals surface area (Å²) in [7, 11) is 0. The van der Waals surface area contributed by atoms with Gasteiger partial charge in [-0.05, 0) is 13.3 Å². The Morgan fingerprint density at radius 1 is 1.60 bits per heavy atom. The fourth-order valence-corrected chi connectivity index (χ4v) is 0.909. The molecule has 3 nitrogen and oxygen atoms in total. The van der Waals surface area contributed by atoms with Crippen molar-refractivity contribution < 1.29 is 0 Å². The third-order valence-corrected chi connectivity index (χ3v) is 1.45. The van der Waals surface area contributed by atoms with E-state index in [1.807, 2.05) is 6.20 Å². The Morgan fingerprint density at radius 2 is 2.40 bits per heavy atom. The number of H-pyrrole nitrogens is 1. The maximum absolute atomic E-state index is 3.92. The molecule has 10 heavy (non-hydrogen) atoms. The van der Waals surface area contributed by atoms with Crippen LogP contribution in [0.25, 0.3) is 0 Å². The van der Waals surface area contributed by atoms with E-state index in [0.29, 0.717) is 0 Å². The first-order valence-electron chi connectivity index (χ1n) is 3.64. The highest BCUT2D eigenvalue weighted by Gasteiger charge is 1.98. The minimum atomic E-state index is 0.940. The third kappa shape index (κ3) is 1.29. The van der Waals surface area contributed by atoms with Gasteiger partial charge in [-0.25, -0.2) is 0 Å². The standard InChI is InChI=1S/C7H13N3/c1-3-6-5-9-10-7(6)8-4-2/h5H,3-4H2,1-2H3,(H2,8,9,10). The number of hydrogen-bond donors (Lipinski definition) is 2. The lowest BCUT2D eigenvalue weighted by molar-refractivity contribution is 1.06. The summed E-state index contributed by atoms with van der Waals surface area (Å²) in [5.74, 6) is 1.06. The first-order chi connectivity index (χ1) is 4.88. The Kier molecular flexibility index (Phi) is 2.31. The lowest BCUT2D eigenvalue weighted by Crippen LogP contribution is -1.98. The molecule has 0 unspecified atom stereocenters. The van der Waals surface area contributed by atoms with Crippen LogP contribution in [0, 0.1) is 0 Å². The number of hydrogen-bond acceptors (Lipinski definition) is 2. The lowest BCUT2D eigenvalue weighted by Gasteiger charge is -1.99. The van der Waals surface area contributed by atoms with Crippen molar-refractivity contribution in [2.75, 3.05) is 11.9 Å². The highest BCUT2D eigenvalue weighted by molar-refractivity contribution is 5.41. The van der Waals surface area contributed by atoms with E-state index in [-0.39, 0.29) is 0 Å². The van der Waals surface area contributed by atoms with Gasteiger partial charge in [0.1, 0.15) is 5.82 Å². The van der Waals surface area contributed by atoms with Crippen molar-refractivity contribution in [1.29, 1.82) is 0 Å². The monoisotopic (exact) mass is 139 g/mol. The van der Waals surface area contributed by atoms with E-state index in [4.69, 9.17) is 0 Å². The fourth-order valence-electron chi connectivity index (χ4n) is 0.909. The second kappa shape index (κ2) is 3.25. The van der Waals surface area contributed by atoms with Gasteiger partial charge in [-0.15, -0.1) is 0 Å². The molecule has 0 aliphatic rings. The zero-order valence-electron chi connectivity index (χ0n) is 6.44. The molecule has 0 bridgehead atoms. The highest BCUT2D eigenvalue weighted by Crippen LogP contribution is 2.09. The van der Waals surface area contributed by atoms with Crippen molar-refractivity contribution in [3.63, 3.8) is 0 Å². The molecule has 1 rings (SSSR count). The van der Waals surface area contributed by atoms with Gasteiger partial charge < -0.3 is 5.32 Å². The van der Waals surface area contributed by atoms with E-state index in [0.717, 1.165) is 18.8 Å². The number of aromatic amines is 1. The molecule has 0 aromatic carbocycles. The Morgan fingerprint density at radius 3 is 3.00 bits per heavy atom. The van der Waals surface area contributed by atoms with Crippen LogP contribution in [0.5, 0.6) is 0 Å². The summed E-state index contributed by atoms with van der Waals surface area (Å²) in [5.41, 5.74) is 1.25. The van der Waals surface area contributed by atoms with E-state index >= 15 is 0 Å². The Bertz CT molecular complexity index is 192. The van der Waals surface area contributed by atoms with Gasteiger partial charge in [0.25, 0.3) is 0 Å². The predicted molar refractivity (Wildman–Crippen MR) is 42.1 cm³/mol. The molecule has 0 amide bonds. The molecule has 0 aliphatic carbocycles. The summed E-state index contributed by atoms with van der Waals surface area (Å²) >= 11 is 0. The van der Waals surface area contributed by atoms with Gasteiger partial charge in [0.15, 0.2) is 0 Å². The van der Waals surface area contributed by atoms with Crippen LogP contribution in [0.4, 0.5) is 5.82 Å². The molecule has 56 valence electrons. The number of anilines is 1. The van der Waals surface area contributed by atoms with Crippen molar-refractivity contribution in [2.24, 2.45) is 0 Å². The van der Waals surface area contributed by atoms with Gasteiger partial charge >= 0.3 is 0 Å². The van der Waals surface area contributed by atoms with Crippen molar-refractivity contribution in [3.05, 3.63) is 11.8 Å². The maximum atomic E-state index is 3.92. The molecule has 3 heteroatoms. The molecule has 0 spiro atoms. The van der Waals surface area contributed by atoms with Crippen LogP contribution in [-0.4, -0.2) is 16.7 Å². The molecular formula is C7H13N3. The Balaban J connectivity index is 2.70. The normalized spacial score (nSPS) is 9.80. The summed E-state index contributed by atoms with van der Waals surface area (Å²) in [5, 5.41) is 10.0. The van der Waals surface area contributed by atoms with Gasteiger partial charge in [-0.2, -0.15) is 5.10 Å². The molecule has 0 atom stereocenters. The predicted octanol–water partition coefficient (Wildman–Crippen LogP) is 1.40. The van der Waals surface area contributed by atoms with Gasteiger partial charge in [0.2, 0.25) is 0 Å². The van der Waals surface area contributed by atoms with Gasteiger partial charge in [-0.1, -0.05) is 6.92 Å². The number of nitrogens with one attached hydrogen (secondary N) is 2. The minimum Gasteiger partial charge on any atom is -0.371 e.